The lowest BCUT2D eigenvalue weighted by Gasteiger charge is -2.41. The average molecular weight is 1260 g/mol. The Morgan fingerprint density at radius 3 is 2.03 bits per heavy atom. The number of imide groups is 1. The molecular formula is C66H97N7O17. The number of allylic oxidation sites excluding steroid dienone is 1. The lowest BCUT2D eigenvalue weighted by atomic mass is 9.83. The number of amides is 8. The van der Waals surface area contributed by atoms with E-state index in [1.165, 1.54) is 57.5 Å². The van der Waals surface area contributed by atoms with Gasteiger partial charge in [0.1, 0.15) is 24.5 Å². The van der Waals surface area contributed by atoms with Gasteiger partial charge >= 0.3 is 24.2 Å². The number of nitrogens with zero attached hydrogens (tertiary/aromatic N) is 5. The van der Waals surface area contributed by atoms with Gasteiger partial charge < -0.3 is 63.9 Å². The summed E-state index contributed by atoms with van der Waals surface area (Å²) in [6, 6.07) is 10.7. The van der Waals surface area contributed by atoms with Crippen LogP contribution in [0.2, 0.25) is 0 Å². The second-order valence-electron chi connectivity index (χ2n) is 24.7. The summed E-state index contributed by atoms with van der Waals surface area (Å²) in [5.74, 6) is -6.29. The zero-order valence-electron chi connectivity index (χ0n) is 54.8. The smallest absolute Gasteiger partial charge is 0.413 e. The summed E-state index contributed by atoms with van der Waals surface area (Å²) in [5.41, 5.74) is 1.14. The van der Waals surface area contributed by atoms with E-state index >= 15 is 0 Å². The zero-order valence-corrected chi connectivity index (χ0v) is 54.8. The lowest BCUT2D eigenvalue weighted by Crippen LogP contribution is -2.55. The van der Waals surface area contributed by atoms with Gasteiger partial charge in [-0.1, -0.05) is 110 Å². The molecule has 8 amide bonds. The minimum atomic E-state index is -1.62. The number of ketones is 1. The first-order chi connectivity index (χ1) is 42.7. The fourth-order valence-electron chi connectivity index (χ4n) is 12.0. The van der Waals surface area contributed by atoms with Crippen molar-refractivity contribution in [2.75, 3.05) is 48.5 Å². The van der Waals surface area contributed by atoms with Crippen molar-refractivity contribution < 1.29 is 81.6 Å². The molecule has 2 aromatic rings. The van der Waals surface area contributed by atoms with E-state index in [1.807, 2.05) is 58.0 Å². The Hall–Kier alpha value is -7.44. The third-order valence-electron chi connectivity index (χ3n) is 17.4. The minimum Gasteiger partial charge on any atom is -0.445 e. The number of ether oxygens (including phenoxy) is 5. The normalized spacial score (nSPS) is 19.7. The molecule has 0 aromatic heterocycles. The van der Waals surface area contributed by atoms with E-state index in [9.17, 15) is 53.1 Å². The van der Waals surface area contributed by atoms with Crippen LogP contribution in [0.15, 0.2) is 66.7 Å². The number of hydroxylamine groups is 2. The van der Waals surface area contributed by atoms with Crippen molar-refractivity contribution in [2.45, 2.75) is 194 Å². The molecule has 498 valence electrons. The number of nitrogens with one attached hydrogen (secondary N) is 2. The molecule has 12 atom stereocenters. The lowest BCUT2D eigenvalue weighted by molar-refractivity contribution is -0.199. The summed E-state index contributed by atoms with van der Waals surface area (Å²) in [4.78, 5) is 146. The van der Waals surface area contributed by atoms with Gasteiger partial charge in [0.25, 0.3) is 11.8 Å². The van der Waals surface area contributed by atoms with E-state index < -0.39 is 115 Å². The molecule has 0 bridgehead atoms. The maximum absolute atomic E-state index is 14.8. The molecule has 2 unspecified atom stereocenters. The Kier molecular flexibility index (Phi) is 28.7. The van der Waals surface area contributed by atoms with Gasteiger partial charge in [-0.3, -0.25) is 28.8 Å². The van der Waals surface area contributed by atoms with Gasteiger partial charge in [0, 0.05) is 67.1 Å². The molecule has 0 saturated carbocycles. The fraction of sp³-hybridized carbons (Fsp3) is 0.636. The molecule has 2 aromatic carbocycles. The van der Waals surface area contributed by atoms with Crippen LogP contribution in [-0.2, 0) is 64.0 Å². The largest absolute Gasteiger partial charge is 0.445 e. The molecule has 2 saturated heterocycles. The number of rotatable bonds is 30. The van der Waals surface area contributed by atoms with E-state index in [-0.39, 0.29) is 73.4 Å². The molecule has 3 N–H and O–H groups in total. The summed E-state index contributed by atoms with van der Waals surface area (Å²) >= 11 is 0. The molecule has 2 aliphatic heterocycles. The number of likely N-dealkylation sites (tertiary alicyclic amines) is 1. The van der Waals surface area contributed by atoms with E-state index in [1.54, 1.807) is 56.7 Å². The highest BCUT2D eigenvalue weighted by atomic mass is 16.7. The zero-order chi connectivity index (χ0) is 66.5. The van der Waals surface area contributed by atoms with Crippen LogP contribution < -0.4 is 15.4 Å². The van der Waals surface area contributed by atoms with Crippen molar-refractivity contribution in [1.82, 2.24) is 35.3 Å². The number of benzene rings is 2. The molecule has 2 heterocycles. The van der Waals surface area contributed by atoms with Crippen LogP contribution in [0.25, 0.3) is 0 Å². The quantitative estimate of drug-likeness (QED) is 0.0499. The van der Waals surface area contributed by atoms with Crippen LogP contribution in [0.3, 0.4) is 0 Å². The standard InChI is InChI=1S/C66H97N7O17/c1-14-42(6)58(53(85-12)37-56(77)72-35-23-28-51(72)60(86-13)43(7)61(79)67-44(8)59(78)46-24-19-18-20-25-46)70(10)62(80)49(40(2)3)36-52(74)57(41(4)5)71(11)66(84)87-39-45-29-31-48(32-30-45)88-64(82)68-50(63(81)90-73-54(75)33-34-55(73)76)38-69(9)65(83)89-47-26-21-16-15-17-22-27-47/h18-21,24-26,29-32,40-44,47,49-51,53,57-60,78H,14-17,22-23,27-28,33-39H2,1-13H3,(H,67,79)(H,68,82)/b26-21+/t42-,43+,44+,47?,49-,50?,51-,53+,57-,58-,59+,60+/m0/s1. The van der Waals surface area contributed by atoms with Crippen molar-refractivity contribution in [3.63, 3.8) is 0 Å². The number of carbonyl (C=O) groups excluding carboxylic acids is 10. The molecular weight excluding hydrogens is 1160 g/mol. The van der Waals surface area contributed by atoms with E-state index in [0.717, 1.165) is 30.6 Å². The summed E-state index contributed by atoms with van der Waals surface area (Å²) in [6.45, 7) is 14.4. The summed E-state index contributed by atoms with van der Waals surface area (Å²) in [5, 5.41) is 16.6. The Labute approximate surface area is 529 Å². The van der Waals surface area contributed by atoms with Gasteiger partial charge in [-0.25, -0.2) is 19.2 Å². The van der Waals surface area contributed by atoms with Gasteiger partial charge in [-0.2, -0.15) is 0 Å². The second-order valence-corrected chi connectivity index (χ2v) is 24.7. The number of carbonyl (C=O) groups is 10. The highest BCUT2D eigenvalue weighted by molar-refractivity contribution is 6.02. The monoisotopic (exact) mass is 1260 g/mol. The predicted molar refractivity (Wildman–Crippen MR) is 331 cm³/mol. The van der Waals surface area contributed by atoms with Crippen LogP contribution in [0.5, 0.6) is 5.75 Å². The maximum Gasteiger partial charge on any atom is 0.413 e. The first kappa shape index (κ1) is 73.3. The fourth-order valence-corrected chi connectivity index (χ4v) is 12.0. The first-order valence-electron chi connectivity index (χ1n) is 31.5. The maximum atomic E-state index is 14.8. The number of aliphatic hydroxyl groups is 1. The predicted octanol–water partition coefficient (Wildman–Crippen LogP) is 7.69. The summed E-state index contributed by atoms with van der Waals surface area (Å²) < 4.78 is 28.8. The highest BCUT2D eigenvalue weighted by Crippen LogP contribution is 2.32. The van der Waals surface area contributed by atoms with E-state index in [4.69, 9.17) is 28.5 Å². The Morgan fingerprint density at radius 2 is 1.42 bits per heavy atom. The van der Waals surface area contributed by atoms with Crippen molar-refractivity contribution in [1.29, 1.82) is 0 Å². The van der Waals surface area contributed by atoms with Gasteiger partial charge in [0.05, 0.1) is 61.4 Å². The molecule has 24 heteroatoms. The molecule has 5 rings (SSSR count). The van der Waals surface area contributed by atoms with Crippen LogP contribution in [0.1, 0.15) is 150 Å². The Balaban J connectivity index is 1.19. The molecule has 24 nitrogen and oxygen atoms in total. The number of hydrogen-bond acceptors (Lipinski definition) is 17. The average Bonchev–Trinajstić information content (AvgIpc) is 1.50. The molecule has 3 aliphatic rings. The Bertz CT molecular complexity index is 2770. The molecule has 2 fully saturated rings. The highest BCUT2D eigenvalue weighted by Gasteiger charge is 2.44. The van der Waals surface area contributed by atoms with Gasteiger partial charge in [-0.15, -0.1) is 5.06 Å². The van der Waals surface area contributed by atoms with Gasteiger partial charge in [0.15, 0.2) is 5.78 Å². The third kappa shape index (κ3) is 20.3. The number of Topliss-reactive ketones (excluding diaryl/α,β-unsaturated/α-hetero) is 1. The number of methoxy groups -OCH3 is 2. The van der Waals surface area contributed by atoms with Crippen molar-refractivity contribution in [3.8, 4) is 5.75 Å². The van der Waals surface area contributed by atoms with Crippen molar-refractivity contribution >= 4 is 59.6 Å². The molecule has 90 heavy (non-hydrogen) atoms. The molecule has 0 radical (unpaired) electrons. The number of hydrogen-bond donors (Lipinski definition) is 3. The third-order valence-corrected chi connectivity index (χ3v) is 17.4. The minimum absolute atomic E-state index is 0.00155. The second kappa shape index (κ2) is 35.2. The molecule has 0 spiro atoms. The van der Waals surface area contributed by atoms with Gasteiger partial charge in [0.2, 0.25) is 17.7 Å². The summed E-state index contributed by atoms with van der Waals surface area (Å²) in [6.07, 6.45) is 3.78. The Morgan fingerprint density at radius 1 is 0.756 bits per heavy atom. The number of aliphatic hydroxyl groups excluding tert-OH is 1. The summed E-state index contributed by atoms with van der Waals surface area (Å²) in [7, 11) is 7.49. The SMILES string of the molecule is CC[C@H](C)[C@@H]([C@@H](CC(=O)N1CCC[C@H]1[C@H](OC)[C@@H](C)C(=O)N[C@H](C)[C@@H](O)c1ccccc1)OC)N(C)C(=O)[C@@H](CC(=O)[C@H](C(C)C)N(C)C(=O)OCc1ccc(OC(=O)NC(CN(C)C(=O)OC2/C=C/CCCCC2)C(=O)ON2C(=O)CCC2=O)cc1)C(C)C. The van der Waals surface area contributed by atoms with Crippen molar-refractivity contribution in [3.05, 3.63) is 77.9 Å². The van der Waals surface area contributed by atoms with Gasteiger partial charge in [-0.05, 0) is 92.5 Å². The van der Waals surface area contributed by atoms with Crippen LogP contribution in [0.4, 0.5) is 14.4 Å². The van der Waals surface area contributed by atoms with E-state index in [2.05, 4.69) is 10.6 Å². The van der Waals surface area contributed by atoms with E-state index in [0.29, 0.717) is 48.4 Å². The topological polar surface area (TPSA) is 287 Å². The van der Waals surface area contributed by atoms with Crippen LogP contribution in [0, 0.1) is 29.6 Å². The van der Waals surface area contributed by atoms with Crippen LogP contribution >= 0.6 is 0 Å². The van der Waals surface area contributed by atoms with Crippen molar-refractivity contribution in [2.24, 2.45) is 29.6 Å². The number of likely N-dealkylation sites (N-methyl/N-ethyl adjacent to an activating group) is 3. The first-order valence-corrected chi connectivity index (χ1v) is 31.5. The molecule has 1 aliphatic carbocycles. The van der Waals surface area contributed by atoms with Crippen LogP contribution in [-0.4, -0.2) is 186 Å².